The number of benzene rings is 3. The maximum atomic E-state index is 13.6. The first-order valence-electron chi connectivity index (χ1n) is 11.4. The molecule has 0 saturated heterocycles. The Morgan fingerprint density at radius 2 is 1.56 bits per heavy atom. The molecular formula is C27H26Cl4N2O2S. The molecule has 1 atom stereocenters. The summed E-state index contributed by atoms with van der Waals surface area (Å²) < 4.78 is 0. The highest BCUT2D eigenvalue weighted by Gasteiger charge is 2.30. The van der Waals surface area contributed by atoms with Crippen molar-refractivity contribution in [2.24, 2.45) is 0 Å². The highest BCUT2D eigenvalue weighted by Crippen LogP contribution is 2.29. The van der Waals surface area contributed by atoms with Crippen molar-refractivity contribution in [2.75, 3.05) is 12.3 Å². The van der Waals surface area contributed by atoms with E-state index >= 15 is 0 Å². The lowest BCUT2D eigenvalue weighted by Crippen LogP contribution is -2.51. The smallest absolute Gasteiger partial charge is 0.243 e. The minimum absolute atomic E-state index is 0.146. The van der Waals surface area contributed by atoms with Crippen LogP contribution in [0.1, 0.15) is 23.6 Å². The zero-order chi connectivity index (χ0) is 26.1. The van der Waals surface area contributed by atoms with Crippen molar-refractivity contribution in [1.29, 1.82) is 0 Å². The largest absolute Gasteiger partial charge is 0.355 e. The first-order chi connectivity index (χ1) is 17.3. The van der Waals surface area contributed by atoms with E-state index in [1.54, 1.807) is 35.2 Å². The lowest BCUT2D eigenvalue weighted by Gasteiger charge is -2.31. The summed E-state index contributed by atoms with van der Waals surface area (Å²) in [5, 5.41) is 4.81. The summed E-state index contributed by atoms with van der Waals surface area (Å²) in [6, 6.07) is 19.5. The van der Waals surface area contributed by atoms with Gasteiger partial charge in [0.1, 0.15) is 6.04 Å². The minimum Gasteiger partial charge on any atom is -0.355 e. The molecule has 0 saturated carbocycles. The maximum Gasteiger partial charge on any atom is 0.243 e. The zero-order valence-electron chi connectivity index (χ0n) is 19.6. The Kier molecular flexibility index (Phi) is 11.3. The number of nitrogens with one attached hydrogen (secondary N) is 1. The lowest BCUT2D eigenvalue weighted by atomic mass is 10.0. The number of nitrogens with zero attached hydrogens (tertiary/aromatic N) is 1. The van der Waals surface area contributed by atoms with Gasteiger partial charge in [-0.2, -0.15) is 0 Å². The van der Waals surface area contributed by atoms with Gasteiger partial charge in [0.2, 0.25) is 11.8 Å². The molecular weight excluding hydrogens is 558 g/mol. The number of amides is 2. The van der Waals surface area contributed by atoms with Crippen LogP contribution in [-0.4, -0.2) is 35.1 Å². The number of rotatable bonds is 11. The van der Waals surface area contributed by atoms with Crippen molar-refractivity contribution in [3.63, 3.8) is 0 Å². The summed E-state index contributed by atoms with van der Waals surface area (Å²) in [7, 11) is 0. The molecule has 3 aromatic carbocycles. The van der Waals surface area contributed by atoms with Gasteiger partial charge in [0.15, 0.2) is 0 Å². The third-order valence-corrected chi connectivity index (χ3v) is 7.88. The second-order valence-electron chi connectivity index (χ2n) is 8.06. The molecule has 0 aliphatic carbocycles. The summed E-state index contributed by atoms with van der Waals surface area (Å²) in [5.74, 6) is 0.221. The first-order valence-corrected chi connectivity index (χ1v) is 14.0. The molecule has 0 heterocycles. The molecule has 36 heavy (non-hydrogen) atoms. The average Bonchev–Trinajstić information content (AvgIpc) is 2.86. The van der Waals surface area contributed by atoms with E-state index in [2.05, 4.69) is 5.32 Å². The van der Waals surface area contributed by atoms with Gasteiger partial charge in [-0.25, -0.2) is 0 Å². The summed E-state index contributed by atoms with van der Waals surface area (Å²) in [4.78, 5) is 28.4. The van der Waals surface area contributed by atoms with Gasteiger partial charge in [-0.05, 0) is 47.9 Å². The third-order valence-electron chi connectivity index (χ3n) is 5.49. The lowest BCUT2D eigenvalue weighted by molar-refractivity contribution is -0.139. The molecule has 0 radical (unpaired) electrons. The van der Waals surface area contributed by atoms with E-state index in [4.69, 9.17) is 46.4 Å². The fourth-order valence-corrected chi connectivity index (χ4v) is 5.64. The van der Waals surface area contributed by atoms with Crippen LogP contribution in [0.2, 0.25) is 20.1 Å². The van der Waals surface area contributed by atoms with Crippen LogP contribution < -0.4 is 5.32 Å². The topological polar surface area (TPSA) is 49.4 Å². The molecule has 2 amide bonds. The highest BCUT2D eigenvalue weighted by molar-refractivity contribution is 7.99. The van der Waals surface area contributed by atoms with Crippen LogP contribution in [0.15, 0.2) is 66.7 Å². The molecule has 3 rings (SSSR count). The molecule has 9 heteroatoms. The summed E-state index contributed by atoms with van der Waals surface area (Å²) in [5.41, 5.74) is 2.51. The van der Waals surface area contributed by atoms with E-state index < -0.39 is 6.04 Å². The van der Waals surface area contributed by atoms with Crippen LogP contribution in [0.4, 0.5) is 0 Å². The van der Waals surface area contributed by atoms with Crippen LogP contribution in [-0.2, 0) is 28.3 Å². The van der Waals surface area contributed by atoms with E-state index in [-0.39, 0.29) is 24.1 Å². The van der Waals surface area contributed by atoms with Gasteiger partial charge >= 0.3 is 0 Å². The average molecular weight is 584 g/mol. The van der Waals surface area contributed by atoms with Crippen molar-refractivity contribution < 1.29 is 9.59 Å². The second-order valence-corrected chi connectivity index (χ2v) is 10.7. The third kappa shape index (κ3) is 8.06. The quantitative estimate of drug-likeness (QED) is 0.257. The molecule has 0 aliphatic rings. The molecule has 0 aromatic heterocycles. The molecule has 1 unspecified atom stereocenters. The molecule has 0 aliphatic heterocycles. The minimum atomic E-state index is -0.709. The van der Waals surface area contributed by atoms with Gasteiger partial charge in [0, 0.05) is 35.3 Å². The Hall–Kier alpha value is -1.89. The van der Waals surface area contributed by atoms with Crippen molar-refractivity contribution in [3.05, 3.63) is 104 Å². The Bertz CT molecular complexity index is 1170. The van der Waals surface area contributed by atoms with Crippen molar-refractivity contribution in [3.8, 4) is 0 Å². The Balaban J connectivity index is 1.87. The maximum absolute atomic E-state index is 13.6. The summed E-state index contributed by atoms with van der Waals surface area (Å²) in [6.07, 6.45) is 0.376. The molecule has 0 spiro atoms. The van der Waals surface area contributed by atoms with E-state index in [1.165, 1.54) is 11.8 Å². The number of halogens is 4. The first kappa shape index (κ1) is 28.7. The van der Waals surface area contributed by atoms with Crippen LogP contribution in [0.25, 0.3) is 0 Å². The van der Waals surface area contributed by atoms with E-state index in [9.17, 15) is 9.59 Å². The molecule has 0 bridgehead atoms. The van der Waals surface area contributed by atoms with Crippen molar-refractivity contribution in [1.82, 2.24) is 10.2 Å². The Morgan fingerprint density at radius 3 is 2.19 bits per heavy atom. The fraction of sp³-hybridized carbons (Fsp3) is 0.259. The predicted octanol–water partition coefficient (Wildman–Crippen LogP) is 7.31. The Labute approximate surface area is 236 Å². The fourth-order valence-electron chi connectivity index (χ4n) is 3.67. The number of thioether (sulfide) groups is 1. The van der Waals surface area contributed by atoms with Gasteiger partial charge in [0.05, 0.1) is 15.8 Å². The Morgan fingerprint density at radius 1 is 0.861 bits per heavy atom. The van der Waals surface area contributed by atoms with Gasteiger partial charge in [-0.15, -0.1) is 11.8 Å². The van der Waals surface area contributed by atoms with Crippen LogP contribution in [0, 0.1) is 0 Å². The number of carbonyl (C=O) groups excluding carboxylic acids is 2. The second kappa shape index (κ2) is 14.2. The predicted molar refractivity (Wildman–Crippen MR) is 152 cm³/mol. The normalized spacial score (nSPS) is 11.7. The van der Waals surface area contributed by atoms with Gasteiger partial charge in [0.25, 0.3) is 0 Å². The number of hydrogen-bond acceptors (Lipinski definition) is 3. The standard InChI is InChI=1S/C27H26Cl4N2O2S/c1-2-32-27(35)25(14-18-7-4-3-5-8-18)33(15-19-11-12-23(30)24(31)13-19)26(34)17-36-16-20-21(28)9-6-10-22(20)29/h3-13,25H,2,14-17H2,1H3,(H,32,35). The van der Waals surface area contributed by atoms with Crippen molar-refractivity contribution >= 4 is 70.0 Å². The number of likely N-dealkylation sites (N-methyl/N-ethyl adjacent to an activating group) is 1. The van der Waals surface area contributed by atoms with Crippen LogP contribution in [0.5, 0.6) is 0 Å². The summed E-state index contributed by atoms with van der Waals surface area (Å²) >= 11 is 26.3. The van der Waals surface area contributed by atoms with Gasteiger partial charge < -0.3 is 10.2 Å². The molecule has 1 N–H and O–H groups in total. The van der Waals surface area contributed by atoms with E-state index in [1.807, 2.05) is 43.3 Å². The highest BCUT2D eigenvalue weighted by atomic mass is 35.5. The van der Waals surface area contributed by atoms with Crippen LogP contribution in [0.3, 0.4) is 0 Å². The SMILES string of the molecule is CCNC(=O)C(Cc1ccccc1)N(Cc1ccc(Cl)c(Cl)c1)C(=O)CSCc1c(Cl)cccc1Cl. The monoisotopic (exact) mass is 582 g/mol. The van der Waals surface area contributed by atoms with E-state index in [0.717, 1.165) is 16.7 Å². The molecule has 3 aromatic rings. The number of hydrogen-bond donors (Lipinski definition) is 1. The zero-order valence-corrected chi connectivity index (χ0v) is 23.5. The van der Waals surface area contributed by atoms with Crippen molar-refractivity contribution in [2.45, 2.75) is 31.7 Å². The van der Waals surface area contributed by atoms with Gasteiger partial charge in [-0.1, -0.05) is 88.9 Å². The number of carbonyl (C=O) groups is 2. The van der Waals surface area contributed by atoms with E-state index in [0.29, 0.717) is 38.8 Å². The molecule has 190 valence electrons. The summed E-state index contributed by atoms with van der Waals surface area (Å²) in [6.45, 7) is 2.52. The molecule has 0 fully saturated rings. The van der Waals surface area contributed by atoms with Crippen LogP contribution >= 0.6 is 58.2 Å². The molecule has 4 nitrogen and oxygen atoms in total. The van der Waals surface area contributed by atoms with Gasteiger partial charge in [-0.3, -0.25) is 9.59 Å².